The number of allylic oxidation sites excluding steroid dienone is 1. The predicted molar refractivity (Wildman–Crippen MR) is 58.7 cm³/mol. The van der Waals surface area contributed by atoms with Crippen molar-refractivity contribution >= 4 is 15.9 Å². The molecule has 1 aliphatic rings. The summed E-state index contributed by atoms with van der Waals surface area (Å²) in [7, 11) is 0. The van der Waals surface area contributed by atoms with Crippen LogP contribution in [0.5, 0.6) is 0 Å². The normalized spacial score (nSPS) is 25.8. The molecule has 1 nitrogen and oxygen atoms in total. The molecule has 74 valence electrons. The Balaban J connectivity index is 2.36. The van der Waals surface area contributed by atoms with E-state index in [0.29, 0.717) is 0 Å². The second-order valence-corrected chi connectivity index (χ2v) is 4.43. The van der Waals surface area contributed by atoms with Crippen molar-refractivity contribution in [3.8, 4) is 0 Å². The SMILES string of the molecule is CC1=CC(c2ccccc2F)C(Br)N1. The van der Waals surface area contributed by atoms with Gasteiger partial charge in [0, 0.05) is 11.6 Å². The van der Waals surface area contributed by atoms with Gasteiger partial charge >= 0.3 is 0 Å². The van der Waals surface area contributed by atoms with E-state index >= 15 is 0 Å². The van der Waals surface area contributed by atoms with E-state index < -0.39 is 0 Å². The van der Waals surface area contributed by atoms with Crippen LogP contribution in [0.1, 0.15) is 18.4 Å². The van der Waals surface area contributed by atoms with E-state index in [2.05, 4.69) is 21.2 Å². The summed E-state index contributed by atoms with van der Waals surface area (Å²) in [6.07, 6.45) is 2.04. The molecule has 0 amide bonds. The van der Waals surface area contributed by atoms with Gasteiger partial charge in [0.2, 0.25) is 0 Å². The minimum absolute atomic E-state index is 0.0798. The predicted octanol–water partition coefficient (Wildman–Crippen LogP) is 3.14. The van der Waals surface area contributed by atoms with Crippen LogP contribution in [0.2, 0.25) is 0 Å². The molecule has 14 heavy (non-hydrogen) atoms. The molecule has 3 heteroatoms. The zero-order chi connectivity index (χ0) is 10.1. The van der Waals surface area contributed by atoms with Crippen LogP contribution in [0.4, 0.5) is 4.39 Å². The maximum absolute atomic E-state index is 13.5. The van der Waals surface area contributed by atoms with Crippen molar-refractivity contribution < 1.29 is 4.39 Å². The maximum atomic E-state index is 13.5. The molecule has 1 aliphatic heterocycles. The minimum Gasteiger partial charge on any atom is -0.376 e. The molecule has 0 aliphatic carbocycles. The Kier molecular flexibility index (Phi) is 2.59. The summed E-state index contributed by atoms with van der Waals surface area (Å²) in [6, 6.07) is 6.89. The van der Waals surface area contributed by atoms with Crippen molar-refractivity contribution in [3.05, 3.63) is 47.4 Å². The summed E-state index contributed by atoms with van der Waals surface area (Å²) >= 11 is 3.49. The lowest BCUT2D eigenvalue weighted by Gasteiger charge is -2.14. The molecule has 0 saturated heterocycles. The van der Waals surface area contributed by atoms with Gasteiger partial charge in [0.15, 0.2) is 0 Å². The highest BCUT2D eigenvalue weighted by Crippen LogP contribution is 2.32. The summed E-state index contributed by atoms with van der Waals surface area (Å²) in [4.78, 5) is 0.0967. The van der Waals surface area contributed by atoms with Gasteiger partial charge in [-0.25, -0.2) is 4.39 Å². The third-order valence-electron chi connectivity index (χ3n) is 2.37. The average Bonchev–Trinajstić information content (AvgIpc) is 2.46. The van der Waals surface area contributed by atoms with Crippen molar-refractivity contribution in [3.63, 3.8) is 0 Å². The zero-order valence-electron chi connectivity index (χ0n) is 7.80. The Bertz CT molecular complexity index is 375. The number of hydrogen-bond donors (Lipinski definition) is 1. The lowest BCUT2D eigenvalue weighted by Crippen LogP contribution is -2.20. The fraction of sp³-hybridized carbons (Fsp3) is 0.273. The third-order valence-corrected chi connectivity index (χ3v) is 3.17. The van der Waals surface area contributed by atoms with Gasteiger partial charge in [-0.3, -0.25) is 0 Å². The van der Waals surface area contributed by atoms with Crippen LogP contribution in [0.25, 0.3) is 0 Å². The molecular formula is C11H11BrFN. The van der Waals surface area contributed by atoms with Crippen LogP contribution in [0, 0.1) is 5.82 Å². The number of alkyl halides is 1. The first-order chi connectivity index (χ1) is 6.68. The van der Waals surface area contributed by atoms with Crippen molar-refractivity contribution in [2.75, 3.05) is 0 Å². The Morgan fingerprint density at radius 1 is 1.36 bits per heavy atom. The van der Waals surface area contributed by atoms with Gasteiger partial charge in [-0.2, -0.15) is 0 Å². The quantitative estimate of drug-likeness (QED) is 0.601. The zero-order valence-corrected chi connectivity index (χ0v) is 9.38. The van der Waals surface area contributed by atoms with Crippen LogP contribution in [0.15, 0.2) is 36.0 Å². The highest BCUT2D eigenvalue weighted by Gasteiger charge is 2.26. The molecule has 2 rings (SSSR count). The maximum Gasteiger partial charge on any atom is 0.127 e. The third kappa shape index (κ3) is 1.69. The summed E-state index contributed by atoms with van der Waals surface area (Å²) in [6.45, 7) is 1.98. The van der Waals surface area contributed by atoms with Crippen molar-refractivity contribution in [1.29, 1.82) is 0 Å². The molecule has 0 fully saturated rings. The van der Waals surface area contributed by atoms with E-state index in [0.717, 1.165) is 11.3 Å². The number of hydrogen-bond acceptors (Lipinski definition) is 1. The summed E-state index contributed by atoms with van der Waals surface area (Å²) in [5, 5.41) is 3.20. The van der Waals surface area contributed by atoms with Gasteiger partial charge in [-0.15, -0.1) is 0 Å². The van der Waals surface area contributed by atoms with Gasteiger partial charge in [0.05, 0.1) is 4.95 Å². The van der Waals surface area contributed by atoms with Gasteiger partial charge in [-0.05, 0) is 18.6 Å². The van der Waals surface area contributed by atoms with E-state index in [-0.39, 0.29) is 16.7 Å². The van der Waals surface area contributed by atoms with E-state index in [1.165, 1.54) is 6.07 Å². The van der Waals surface area contributed by atoms with Gasteiger partial charge in [-0.1, -0.05) is 40.2 Å². The highest BCUT2D eigenvalue weighted by molar-refractivity contribution is 9.09. The van der Waals surface area contributed by atoms with E-state index in [1.807, 2.05) is 25.1 Å². The molecule has 0 radical (unpaired) electrons. The monoisotopic (exact) mass is 255 g/mol. The molecule has 0 saturated carbocycles. The van der Waals surface area contributed by atoms with E-state index in [4.69, 9.17) is 0 Å². The molecule has 1 N–H and O–H groups in total. The summed E-state index contributed by atoms with van der Waals surface area (Å²) in [5.74, 6) is -0.0640. The Hall–Kier alpha value is -0.830. The standard InChI is InChI=1S/C11H11BrFN/c1-7-6-9(11(12)14-7)8-4-2-3-5-10(8)13/h2-6,9,11,14H,1H3. The molecule has 1 heterocycles. The van der Waals surface area contributed by atoms with E-state index in [1.54, 1.807) is 6.07 Å². The molecule has 0 spiro atoms. The second kappa shape index (κ2) is 3.73. The van der Waals surface area contributed by atoms with Crippen LogP contribution in [-0.2, 0) is 0 Å². The first-order valence-electron chi connectivity index (χ1n) is 4.52. The molecule has 0 aromatic heterocycles. The first kappa shape index (κ1) is 9.71. The van der Waals surface area contributed by atoms with Gasteiger partial charge in [0.1, 0.15) is 5.82 Å². The topological polar surface area (TPSA) is 12.0 Å². The minimum atomic E-state index is -0.144. The largest absolute Gasteiger partial charge is 0.376 e. The lowest BCUT2D eigenvalue weighted by molar-refractivity contribution is 0.595. The average molecular weight is 256 g/mol. The van der Waals surface area contributed by atoms with Crippen molar-refractivity contribution in [1.82, 2.24) is 5.32 Å². The van der Waals surface area contributed by atoms with Crippen LogP contribution < -0.4 is 5.32 Å². The molecule has 1 aromatic carbocycles. The molecular weight excluding hydrogens is 245 g/mol. The number of nitrogens with one attached hydrogen (secondary N) is 1. The van der Waals surface area contributed by atoms with Crippen LogP contribution in [0.3, 0.4) is 0 Å². The van der Waals surface area contributed by atoms with Crippen molar-refractivity contribution in [2.24, 2.45) is 0 Å². The van der Waals surface area contributed by atoms with Crippen LogP contribution >= 0.6 is 15.9 Å². The fourth-order valence-corrected chi connectivity index (χ4v) is 2.50. The number of benzene rings is 1. The molecule has 1 aromatic rings. The highest BCUT2D eigenvalue weighted by atomic mass is 79.9. The lowest BCUT2D eigenvalue weighted by atomic mass is 10.00. The fourth-order valence-electron chi connectivity index (χ4n) is 1.70. The van der Waals surface area contributed by atoms with Gasteiger partial charge in [0.25, 0.3) is 0 Å². The Morgan fingerprint density at radius 3 is 2.64 bits per heavy atom. The van der Waals surface area contributed by atoms with Gasteiger partial charge < -0.3 is 5.32 Å². The first-order valence-corrected chi connectivity index (χ1v) is 5.43. The molecule has 0 bridgehead atoms. The molecule has 2 unspecified atom stereocenters. The van der Waals surface area contributed by atoms with Crippen molar-refractivity contribution in [2.45, 2.75) is 17.8 Å². The number of rotatable bonds is 1. The molecule has 2 atom stereocenters. The summed E-state index contributed by atoms with van der Waals surface area (Å²) < 4.78 is 13.5. The van der Waals surface area contributed by atoms with Crippen LogP contribution in [-0.4, -0.2) is 4.95 Å². The number of halogens is 2. The smallest absolute Gasteiger partial charge is 0.127 e. The summed E-state index contributed by atoms with van der Waals surface area (Å²) in [5.41, 5.74) is 1.82. The second-order valence-electron chi connectivity index (χ2n) is 3.44. The Labute approximate surface area is 91.1 Å². The van der Waals surface area contributed by atoms with E-state index in [9.17, 15) is 4.39 Å². The Morgan fingerprint density at radius 2 is 2.07 bits per heavy atom.